The Labute approximate surface area is 150 Å². The first-order valence-electron chi connectivity index (χ1n) is 8.62. The molecule has 1 aliphatic rings. The second-order valence-corrected chi connectivity index (χ2v) is 6.85. The third kappa shape index (κ3) is 2.58. The van der Waals surface area contributed by atoms with Gasteiger partial charge in [-0.05, 0) is 47.7 Å². The first-order valence-corrected chi connectivity index (χ1v) is 8.62. The van der Waals surface area contributed by atoms with Crippen molar-refractivity contribution in [1.29, 1.82) is 0 Å². The van der Waals surface area contributed by atoms with Crippen LogP contribution >= 0.6 is 0 Å². The van der Waals surface area contributed by atoms with E-state index in [4.69, 9.17) is 0 Å². The van der Waals surface area contributed by atoms with Crippen molar-refractivity contribution in [2.24, 2.45) is 7.05 Å². The highest BCUT2D eigenvalue weighted by Crippen LogP contribution is 2.35. The van der Waals surface area contributed by atoms with Crippen LogP contribution < -0.4 is 0 Å². The van der Waals surface area contributed by atoms with Crippen molar-refractivity contribution in [2.45, 2.75) is 32.1 Å². The molecule has 26 heavy (non-hydrogen) atoms. The highest BCUT2D eigenvalue weighted by atomic mass is 16.4. The molecule has 1 aliphatic carbocycles. The summed E-state index contributed by atoms with van der Waals surface area (Å²) in [5.74, 6) is -1.07. The van der Waals surface area contributed by atoms with E-state index in [0.717, 1.165) is 45.3 Å². The number of aryl methyl sites for hydroxylation is 3. The molecule has 0 saturated heterocycles. The zero-order chi connectivity index (χ0) is 18.4. The number of benzene rings is 2. The summed E-state index contributed by atoms with van der Waals surface area (Å²) in [6.45, 7) is 1.94. The van der Waals surface area contributed by atoms with Gasteiger partial charge in [-0.3, -0.25) is 9.59 Å². The highest BCUT2D eigenvalue weighted by Gasteiger charge is 2.25. The third-order valence-electron chi connectivity index (χ3n) is 5.29. The summed E-state index contributed by atoms with van der Waals surface area (Å²) in [5, 5.41) is 17.7. The standard InChI is InChI=1S/C20H19N3O3/c1-11-14(6-7-17-20(11)21-22-23(17)2)15(10-19(25)26)13-4-3-12-5-8-18(24)16(12)9-13/h3-4,6-7,9,15H,5,8,10H2,1-2H3,(H,25,26). The zero-order valence-electron chi connectivity index (χ0n) is 14.7. The smallest absolute Gasteiger partial charge is 0.304 e. The summed E-state index contributed by atoms with van der Waals surface area (Å²) in [6.07, 6.45) is 1.26. The molecule has 4 rings (SSSR count). The molecule has 6 heteroatoms. The Morgan fingerprint density at radius 1 is 1.27 bits per heavy atom. The van der Waals surface area contributed by atoms with Crippen LogP contribution in [0.5, 0.6) is 0 Å². The van der Waals surface area contributed by atoms with Crippen LogP contribution in [0.3, 0.4) is 0 Å². The normalized spacial score (nSPS) is 14.6. The fraction of sp³-hybridized carbons (Fsp3) is 0.300. The summed E-state index contributed by atoms with van der Waals surface area (Å²) in [6, 6.07) is 9.65. The highest BCUT2D eigenvalue weighted by molar-refractivity contribution is 6.00. The van der Waals surface area contributed by atoms with Gasteiger partial charge in [0, 0.05) is 24.9 Å². The third-order valence-corrected chi connectivity index (χ3v) is 5.29. The average molecular weight is 349 g/mol. The summed E-state index contributed by atoms with van der Waals surface area (Å²) in [5.41, 5.74) is 6.15. The van der Waals surface area contributed by atoms with Crippen molar-refractivity contribution < 1.29 is 14.7 Å². The van der Waals surface area contributed by atoms with Gasteiger partial charge in [0.25, 0.3) is 0 Å². The second-order valence-electron chi connectivity index (χ2n) is 6.85. The quantitative estimate of drug-likeness (QED) is 0.782. The number of aliphatic carboxylic acids is 1. The molecule has 0 amide bonds. The molecule has 2 aromatic carbocycles. The van der Waals surface area contributed by atoms with Crippen LogP contribution in [0.4, 0.5) is 0 Å². The minimum Gasteiger partial charge on any atom is -0.481 e. The maximum Gasteiger partial charge on any atom is 0.304 e. The Balaban J connectivity index is 1.86. The summed E-state index contributed by atoms with van der Waals surface area (Å²) >= 11 is 0. The first-order chi connectivity index (χ1) is 12.5. The molecule has 1 heterocycles. The van der Waals surface area contributed by atoms with E-state index < -0.39 is 5.97 Å². The van der Waals surface area contributed by atoms with Crippen LogP contribution in [0.25, 0.3) is 11.0 Å². The van der Waals surface area contributed by atoms with Gasteiger partial charge in [0.15, 0.2) is 5.78 Å². The number of nitrogens with zero attached hydrogens (tertiary/aromatic N) is 3. The number of carbonyl (C=O) groups is 2. The fourth-order valence-electron chi connectivity index (χ4n) is 3.88. The summed E-state index contributed by atoms with van der Waals surface area (Å²) in [4.78, 5) is 23.6. The molecule has 0 fully saturated rings. The second kappa shape index (κ2) is 6.05. The van der Waals surface area contributed by atoms with E-state index in [1.165, 1.54) is 0 Å². The molecule has 6 nitrogen and oxygen atoms in total. The number of fused-ring (bicyclic) bond motifs is 2. The number of aromatic nitrogens is 3. The lowest BCUT2D eigenvalue weighted by molar-refractivity contribution is -0.137. The van der Waals surface area contributed by atoms with Crippen molar-refractivity contribution in [1.82, 2.24) is 15.0 Å². The fourth-order valence-corrected chi connectivity index (χ4v) is 3.88. The van der Waals surface area contributed by atoms with Crippen molar-refractivity contribution in [3.63, 3.8) is 0 Å². The van der Waals surface area contributed by atoms with Gasteiger partial charge < -0.3 is 5.11 Å². The van der Waals surface area contributed by atoms with Crippen molar-refractivity contribution in [3.05, 3.63) is 58.1 Å². The molecule has 1 unspecified atom stereocenters. The number of rotatable bonds is 4. The van der Waals surface area contributed by atoms with Gasteiger partial charge in [-0.25, -0.2) is 4.68 Å². The van der Waals surface area contributed by atoms with E-state index in [-0.39, 0.29) is 18.1 Å². The van der Waals surface area contributed by atoms with Crippen LogP contribution in [-0.4, -0.2) is 31.9 Å². The maximum absolute atomic E-state index is 12.1. The SMILES string of the molecule is Cc1c(C(CC(=O)O)c2ccc3c(c2)C(=O)CC3)ccc2c1nnn2C. The molecule has 3 aromatic rings. The molecular formula is C20H19N3O3. The Bertz CT molecular complexity index is 1050. The predicted molar refractivity (Wildman–Crippen MR) is 96.4 cm³/mol. The molecular weight excluding hydrogens is 330 g/mol. The van der Waals surface area contributed by atoms with Gasteiger partial charge in [-0.2, -0.15) is 0 Å². The predicted octanol–water partition coefficient (Wildman–Crippen LogP) is 3.01. The molecule has 0 bridgehead atoms. The largest absolute Gasteiger partial charge is 0.481 e. The monoisotopic (exact) mass is 349 g/mol. The lowest BCUT2D eigenvalue weighted by atomic mass is 9.84. The van der Waals surface area contributed by atoms with Crippen LogP contribution in [0.2, 0.25) is 0 Å². The molecule has 1 N–H and O–H groups in total. The number of hydrogen-bond acceptors (Lipinski definition) is 4. The number of hydrogen-bond donors (Lipinski definition) is 1. The minimum absolute atomic E-state index is 0.0421. The van der Waals surface area contributed by atoms with Crippen molar-refractivity contribution >= 4 is 22.8 Å². The Kier molecular flexibility index (Phi) is 3.83. The number of Topliss-reactive ketones (excluding diaryl/α,β-unsaturated/α-hetero) is 1. The zero-order valence-corrected chi connectivity index (χ0v) is 14.7. The molecule has 0 spiro atoms. The topological polar surface area (TPSA) is 85.1 Å². The number of carbonyl (C=O) groups excluding carboxylic acids is 1. The Morgan fingerprint density at radius 3 is 2.85 bits per heavy atom. The summed E-state index contributed by atoms with van der Waals surface area (Å²) in [7, 11) is 1.83. The van der Waals surface area contributed by atoms with Crippen LogP contribution in [-0.2, 0) is 18.3 Å². The molecule has 132 valence electrons. The molecule has 0 radical (unpaired) electrons. The lowest BCUT2D eigenvalue weighted by Crippen LogP contribution is -2.10. The van der Waals surface area contributed by atoms with Gasteiger partial charge in [0.1, 0.15) is 5.52 Å². The van der Waals surface area contributed by atoms with Crippen molar-refractivity contribution in [3.8, 4) is 0 Å². The van der Waals surface area contributed by atoms with E-state index in [0.29, 0.717) is 6.42 Å². The van der Waals surface area contributed by atoms with E-state index >= 15 is 0 Å². The van der Waals surface area contributed by atoms with E-state index in [1.54, 1.807) is 4.68 Å². The molecule has 0 aliphatic heterocycles. The number of ketones is 1. The Morgan fingerprint density at radius 2 is 2.08 bits per heavy atom. The molecule has 0 saturated carbocycles. The molecule has 1 atom stereocenters. The average Bonchev–Trinajstić information content (AvgIpc) is 3.17. The van der Waals surface area contributed by atoms with E-state index in [9.17, 15) is 14.7 Å². The van der Waals surface area contributed by atoms with Crippen LogP contribution in [0.1, 0.15) is 51.4 Å². The van der Waals surface area contributed by atoms with Crippen molar-refractivity contribution in [2.75, 3.05) is 0 Å². The van der Waals surface area contributed by atoms with E-state index in [1.807, 2.05) is 44.3 Å². The van der Waals surface area contributed by atoms with Gasteiger partial charge >= 0.3 is 5.97 Å². The summed E-state index contributed by atoms with van der Waals surface area (Å²) < 4.78 is 1.70. The number of carboxylic acids is 1. The van der Waals surface area contributed by atoms with Gasteiger partial charge in [-0.1, -0.05) is 23.4 Å². The van der Waals surface area contributed by atoms with Crippen LogP contribution in [0, 0.1) is 6.92 Å². The van der Waals surface area contributed by atoms with Gasteiger partial charge in [-0.15, -0.1) is 5.10 Å². The van der Waals surface area contributed by atoms with Crippen LogP contribution in [0.15, 0.2) is 30.3 Å². The van der Waals surface area contributed by atoms with Gasteiger partial charge in [0.05, 0.1) is 11.9 Å². The maximum atomic E-state index is 12.1. The number of carboxylic acid groups (broad SMARTS) is 1. The first kappa shape index (κ1) is 16.4. The van der Waals surface area contributed by atoms with E-state index in [2.05, 4.69) is 10.3 Å². The lowest BCUT2D eigenvalue weighted by Gasteiger charge is -2.19. The minimum atomic E-state index is -0.875. The van der Waals surface area contributed by atoms with Gasteiger partial charge in [0.2, 0.25) is 0 Å². The Hall–Kier alpha value is -3.02. The molecule has 1 aromatic heterocycles.